The molecular weight excluding hydrogens is 378 g/mol. The summed E-state index contributed by atoms with van der Waals surface area (Å²) in [6.07, 6.45) is 5.48. The minimum absolute atomic E-state index is 0.192. The molecule has 2 fully saturated rings. The van der Waals surface area contributed by atoms with Crippen LogP contribution in [-0.2, 0) is 16.1 Å². The maximum absolute atomic E-state index is 10.9. The van der Waals surface area contributed by atoms with Gasteiger partial charge in [0.2, 0.25) is 0 Å². The van der Waals surface area contributed by atoms with Crippen molar-refractivity contribution in [2.45, 2.75) is 45.2 Å². The first kappa shape index (κ1) is 22.8. The van der Waals surface area contributed by atoms with Gasteiger partial charge in [-0.25, -0.2) is 9.59 Å². The van der Waals surface area contributed by atoms with Gasteiger partial charge in [-0.15, -0.1) is 0 Å². The highest BCUT2D eigenvalue weighted by molar-refractivity contribution is 6.27. The second-order valence-electron chi connectivity index (χ2n) is 7.78. The van der Waals surface area contributed by atoms with Gasteiger partial charge in [-0.1, -0.05) is 31.9 Å². The van der Waals surface area contributed by atoms with Crippen molar-refractivity contribution in [2.75, 3.05) is 26.2 Å². The molecule has 1 aliphatic heterocycles. The van der Waals surface area contributed by atoms with Crippen LogP contribution in [0.25, 0.3) is 0 Å². The molecule has 1 heterocycles. The average molecular weight is 407 g/mol. The molecule has 0 aromatic heterocycles. The first-order chi connectivity index (χ1) is 13.8. The number of piperazine rings is 1. The second kappa shape index (κ2) is 10.9. The third kappa shape index (κ3) is 7.43. The van der Waals surface area contributed by atoms with Crippen molar-refractivity contribution in [3.8, 4) is 0 Å². The summed E-state index contributed by atoms with van der Waals surface area (Å²) in [4.78, 5) is 33.8. The fraction of sp³-hybridized carbons (Fsp3) is 0.600. The zero-order valence-electron chi connectivity index (χ0n) is 16.7. The van der Waals surface area contributed by atoms with Gasteiger partial charge in [0, 0.05) is 50.9 Å². The number of aliphatic carboxylic acids is 2. The number of hydrogen-bond acceptors (Lipinski definition) is 6. The summed E-state index contributed by atoms with van der Waals surface area (Å²) in [5.41, 5.74) is 1.23. The highest BCUT2D eigenvalue weighted by atomic mass is 16.6. The van der Waals surface area contributed by atoms with E-state index < -0.39 is 11.9 Å². The molecule has 3 rings (SSSR count). The molecule has 1 saturated heterocycles. The lowest BCUT2D eigenvalue weighted by atomic mass is 9.86. The molecule has 1 aromatic rings. The van der Waals surface area contributed by atoms with Gasteiger partial charge >= 0.3 is 11.9 Å². The number of nitrogens with zero attached hydrogens (tertiary/aromatic N) is 3. The largest absolute Gasteiger partial charge is 0.473 e. The van der Waals surface area contributed by atoms with Gasteiger partial charge in [0.15, 0.2) is 0 Å². The van der Waals surface area contributed by atoms with E-state index in [2.05, 4.69) is 16.7 Å². The number of non-ortho nitro benzene ring substituents is 1. The van der Waals surface area contributed by atoms with Gasteiger partial charge in [0.05, 0.1) is 4.92 Å². The van der Waals surface area contributed by atoms with Crippen molar-refractivity contribution in [3.63, 3.8) is 0 Å². The van der Waals surface area contributed by atoms with E-state index in [9.17, 15) is 10.1 Å². The fourth-order valence-corrected chi connectivity index (χ4v) is 4.05. The summed E-state index contributed by atoms with van der Waals surface area (Å²) >= 11 is 0. The summed E-state index contributed by atoms with van der Waals surface area (Å²) in [7, 11) is 0. The van der Waals surface area contributed by atoms with Crippen LogP contribution in [0.1, 0.15) is 38.2 Å². The Morgan fingerprint density at radius 3 is 2.34 bits per heavy atom. The molecular formula is C20H29N3O6. The molecule has 1 aliphatic carbocycles. The zero-order chi connectivity index (χ0) is 21.4. The number of nitro groups is 1. The van der Waals surface area contributed by atoms with Crippen LogP contribution in [0.3, 0.4) is 0 Å². The van der Waals surface area contributed by atoms with Gasteiger partial charge in [-0.05, 0) is 24.3 Å². The molecule has 9 nitrogen and oxygen atoms in total. The van der Waals surface area contributed by atoms with Crippen LogP contribution in [0.15, 0.2) is 24.3 Å². The number of nitro benzene ring substituents is 1. The molecule has 9 heteroatoms. The van der Waals surface area contributed by atoms with Gasteiger partial charge < -0.3 is 10.2 Å². The van der Waals surface area contributed by atoms with Crippen molar-refractivity contribution in [3.05, 3.63) is 39.9 Å². The Labute approximate surface area is 170 Å². The normalized spacial score (nSPS) is 22.9. The Morgan fingerprint density at radius 1 is 1.14 bits per heavy atom. The van der Waals surface area contributed by atoms with Crippen LogP contribution in [0.2, 0.25) is 0 Å². The van der Waals surface area contributed by atoms with Crippen LogP contribution < -0.4 is 0 Å². The van der Waals surface area contributed by atoms with Gasteiger partial charge in [-0.2, -0.15) is 0 Å². The third-order valence-corrected chi connectivity index (χ3v) is 5.54. The Kier molecular flexibility index (Phi) is 8.53. The molecule has 160 valence electrons. The van der Waals surface area contributed by atoms with Crippen molar-refractivity contribution in [1.82, 2.24) is 9.80 Å². The molecule has 29 heavy (non-hydrogen) atoms. The number of carbonyl (C=O) groups is 2. The second-order valence-corrected chi connectivity index (χ2v) is 7.78. The Hall–Kier alpha value is -2.52. The van der Waals surface area contributed by atoms with Gasteiger partial charge in [0.1, 0.15) is 0 Å². The molecule has 0 amide bonds. The molecule has 2 unspecified atom stereocenters. The van der Waals surface area contributed by atoms with E-state index in [4.69, 9.17) is 19.8 Å². The Morgan fingerprint density at radius 2 is 1.79 bits per heavy atom. The highest BCUT2D eigenvalue weighted by Crippen LogP contribution is 2.28. The predicted molar refractivity (Wildman–Crippen MR) is 107 cm³/mol. The van der Waals surface area contributed by atoms with Crippen molar-refractivity contribution in [1.29, 1.82) is 0 Å². The van der Waals surface area contributed by atoms with E-state index >= 15 is 0 Å². The summed E-state index contributed by atoms with van der Waals surface area (Å²) in [6.45, 7) is 7.58. The molecule has 1 saturated carbocycles. The van der Waals surface area contributed by atoms with Gasteiger partial charge in [0.25, 0.3) is 5.69 Å². The van der Waals surface area contributed by atoms with Crippen molar-refractivity contribution >= 4 is 17.6 Å². The smallest absolute Gasteiger partial charge is 0.414 e. The van der Waals surface area contributed by atoms with E-state index in [1.807, 2.05) is 6.07 Å². The number of carboxylic acids is 2. The number of carboxylic acid groups (broad SMARTS) is 2. The number of rotatable bonds is 4. The SMILES string of the molecule is CC1CCCC(N2CCN(Cc3cccc([N+](=O)[O-])c3)CC2)C1.O=C(O)C(=O)O. The van der Waals surface area contributed by atoms with Crippen LogP contribution in [0, 0.1) is 16.0 Å². The first-order valence-electron chi connectivity index (χ1n) is 9.92. The monoisotopic (exact) mass is 407 g/mol. The summed E-state index contributed by atoms with van der Waals surface area (Å²) < 4.78 is 0. The van der Waals surface area contributed by atoms with Crippen LogP contribution in [0.5, 0.6) is 0 Å². The molecule has 2 aliphatic rings. The zero-order valence-corrected chi connectivity index (χ0v) is 16.7. The highest BCUT2D eigenvalue weighted by Gasteiger charge is 2.27. The van der Waals surface area contributed by atoms with Crippen LogP contribution in [-0.4, -0.2) is 69.1 Å². The van der Waals surface area contributed by atoms with Crippen molar-refractivity contribution in [2.24, 2.45) is 5.92 Å². The number of hydrogen-bond donors (Lipinski definition) is 2. The first-order valence-corrected chi connectivity index (χ1v) is 9.92. The fourth-order valence-electron chi connectivity index (χ4n) is 4.05. The Bertz CT molecular complexity index is 706. The lowest BCUT2D eigenvalue weighted by molar-refractivity contribution is -0.384. The van der Waals surface area contributed by atoms with E-state index in [0.717, 1.165) is 50.2 Å². The molecule has 0 spiro atoms. The summed E-state index contributed by atoms with van der Waals surface area (Å²) in [6, 6.07) is 7.81. The van der Waals surface area contributed by atoms with E-state index in [1.165, 1.54) is 25.7 Å². The molecule has 1 aromatic carbocycles. The maximum atomic E-state index is 10.9. The molecule has 2 atom stereocenters. The Balaban J connectivity index is 0.000000438. The standard InChI is InChI=1S/C18H27N3O2.C2H2O4/c1-15-4-2-6-17(12-15)20-10-8-19(9-11-20)14-16-5-3-7-18(13-16)21(22)23;3-1(4)2(5)6/h3,5,7,13,15,17H,2,4,6,8-12,14H2,1H3;(H,3,4)(H,5,6). The minimum atomic E-state index is -1.82. The molecule has 0 bridgehead atoms. The minimum Gasteiger partial charge on any atom is -0.473 e. The van der Waals surface area contributed by atoms with E-state index in [1.54, 1.807) is 18.2 Å². The lowest BCUT2D eigenvalue weighted by Gasteiger charge is -2.42. The van der Waals surface area contributed by atoms with Gasteiger partial charge in [-0.3, -0.25) is 19.9 Å². The third-order valence-electron chi connectivity index (χ3n) is 5.54. The quantitative estimate of drug-likeness (QED) is 0.443. The summed E-state index contributed by atoms with van der Waals surface area (Å²) in [5, 5.41) is 25.7. The van der Waals surface area contributed by atoms with Crippen LogP contribution in [0.4, 0.5) is 5.69 Å². The van der Waals surface area contributed by atoms with E-state index in [-0.39, 0.29) is 10.6 Å². The van der Waals surface area contributed by atoms with Crippen molar-refractivity contribution < 1.29 is 24.7 Å². The molecule has 0 radical (unpaired) electrons. The maximum Gasteiger partial charge on any atom is 0.414 e. The predicted octanol–water partition coefficient (Wildman–Crippen LogP) is 2.45. The summed E-state index contributed by atoms with van der Waals surface area (Å²) in [5.74, 6) is -2.78. The van der Waals surface area contributed by atoms with E-state index in [0.29, 0.717) is 0 Å². The molecule has 2 N–H and O–H groups in total. The van der Waals surface area contributed by atoms with Crippen LogP contribution >= 0.6 is 0 Å². The number of benzene rings is 1. The topological polar surface area (TPSA) is 124 Å². The average Bonchev–Trinajstić information content (AvgIpc) is 2.69. The lowest BCUT2D eigenvalue weighted by Crippen LogP contribution is -2.50.